The Kier molecular flexibility index (Phi) is 4.13. The molecule has 26 heavy (non-hydrogen) atoms. The molecule has 0 unspecified atom stereocenters. The molecule has 1 saturated carbocycles. The molecule has 4 nitrogen and oxygen atoms in total. The number of aromatic nitrogens is 1. The van der Waals surface area contributed by atoms with E-state index in [2.05, 4.69) is 5.32 Å². The molecule has 0 spiro atoms. The zero-order valence-corrected chi connectivity index (χ0v) is 13.8. The van der Waals surface area contributed by atoms with E-state index in [0.29, 0.717) is 24.1 Å². The summed E-state index contributed by atoms with van der Waals surface area (Å²) in [6.45, 7) is 1.95. The Hall–Kier alpha value is -2.51. The predicted molar refractivity (Wildman–Crippen MR) is 90.9 cm³/mol. The van der Waals surface area contributed by atoms with Gasteiger partial charge in [0, 0.05) is 0 Å². The SMILES string of the molecule is O=C(NCCc1bc2c(C(F)(F)F)cc(-c3ccoc3)cn2c1)C1CC1. The average Bonchev–Trinajstić information content (AvgIpc) is 3.13. The topological polar surface area (TPSA) is 46.7 Å². The van der Waals surface area contributed by atoms with Crippen LogP contribution in [0.5, 0.6) is 0 Å². The van der Waals surface area contributed by atoms with Gasteiger partial charge in [-0.3, -0.25) is 0 Å². The number of carbonyl (C=O) groups excluding carboxylic acids is 1. The van der Waals surface area contributed by atoms with Gasteiger partial charge in [0.15, 0.2) is 0 Å². The van der Waals surface area contributed by atoms with Crippen LogP contribution in [0.25, 0.3) is 16.5 Å². The maximum atomic E-state index is 13.5. The Morgan fingerprint density at radius 2 is 2.12 bits per heavy atom. The van der Waals surface area contributed by atoms with E-state index >= 15 is 0 Å². The summed E-state index contributed by atoms with van der Waals surface area (Å²) in [7, 11) is 0. The van der Waals surface area contributed by atoms with E-state index < -0.39 is 11.7 Å². The fraction of sp³-hybridized carbons (Fsp3) is 0.333. The van der Waals surface area contributed by atoms with E-state index in [-0.39, 0.29) is 17.2 Å². The van der Waals surface area contributed by atoms with Gasteiger partial charge in [0.25, 0.3) is 0 Å². The normalized spacial score (nSPS) is 14.6. The minimum atomic E-state index is -4.46. The summed E-state index contributed by atoms with van der Waals surface area (Å²) in [5.74, 6) is 0.157. The van der Waals surface area contributed by atoms with E-state index in [1.807, 2.05) is 0 Å². The van der Waals surface area contributed by atoms with Crippen LogP contribution in [0.15, 0.2) is 41.5 Å². The average molecular weight is 360 g/mol. The van der Waals surface area contributed by atoms with Gasteiger partial charge in [-0.05, 0) is 0 Å². The third-order valence-corrected chi connectivity index (χ3v) is 4.58. The number of rotatable bonds is 5. The zero-order valence-electron chi connectivity index (χ0n) is 13.8. The molecule has 0 aliphatic heterocycles. The molecule has 4 rings (SSSR count). The number of hydrogen-bond acceptors (Lipinski definition) is 2. The van der Waals surface area contributed by atoms with Crippen molar-refractivity contribution in [3.05, 3.63) is 48.1 Å². The van der Waals surface area contributed by atoms with Crippen LogP contribution in [0.4, 0.5) is 13.2 Å². The van der Waals surface area contributed by atoms with Gasteiger partial charge in [-0.25, -0.2) is 0 Å². The van der Waals surface area contributed by atoms with E-state index in [4.69, 9.17) is 4.42 Å². The molecule has 0 aromatic carbocycles. The van der Waals surface area contributed by atoms with Crippen molar-refractivity contribution in [2.24, 2.45) is 5.92 Å². The van der Waals surface area contributed by atoms with Crippen LogP contribution >= 0.6 is 0 Å². The number of fused-ring (bicyclic) bond motifs is 1. The van der Waals surface area contributed by atoms with E-state index in [1.54, 1.807) is 18.5 Å². The Bertz CT molecular complexity index is 943. The number of nitrogens with one attached hydrogen (secondary N) is 1. The van der Waals surface area contributed by atoms with Gasteiger partial charge in [0.1, 0.15) is 0 Å². The van der Waals surface area contributed by atoms with Crippen molar-refractivity contribution in [1.29, 1.82) is 0 Å². The summed E-state index contributed by atoms with van der Waals surface area (Å²) < 4.78 is 47.0. The molecule has 1 fully saturated rings. The summed E-state index contributed by atoms with van der Waals surface area (Å²) in [5, 5.41) is 2.83. The number of nitrogens with zero attached hydrogens (tertiary/aromatic N) is 1. The number of pyridine rings is 1. The Labute approximate surface area is 148 Å². The van der Waals surface area contributed by atoms with Gasteiger partial charge in [0.2, 0.25) is 0 Å². The van der Waals surface area contributed by atoms with Gasteiger partial charge in [-0.15, -0.1) is 0 Å². The third-order valence-electron chi connectivity index (χ3n) is 4.58. The summed E-state index contributed by atoms with van der Waals surface area (Å²) in [5.41, 5.74) is 1.18. The number of carbonyl (C=O) groups is 1. The zero-order chi connectivity index (χ0) is 18.3. The van der Waals surface area contributed by atoms with Crippen LogP contribution in [0.1, 0.15) is 23.9 Å². The quantitative estimate of drug-likeness (QED) is 0.756. The van der Waals surface area contributed by atoms with Crippen LogP contribution in [0.2, 0.25) is 0 Å². The second-order valence-corrected chi connectivity index (χ2v) is 6.61. The van der Waals surface area contributed by atoms with Gasteiger partial charge in [-0.1, -0.05) is 0 Å². The third kappa shape index (κ3) is 3.40. The van der Waals surface area contributed by atoms with Gasteiger partial charge >= 0.3 is 147 Å². The van der Waals surface area contributed by atoms with Crippen molar-refractivity contribution < 1.29 is 22.4 Å². The molecule has 1 aliphatic carbocycles. The Morgan fingerprint density at radius 1 is 1.31 bits per heavy atom. The first kappa shape index (κ1) is 16.9. The molecule has 0 radical (unpaired) electrons. The van der Waals surface area contributed by atoms with E-state index in [0.717, 1.165) is 24.4 Å². The molecule has 8 heteroatoms. The summed E-state index contributed by atoms with van der Waals surface area (Å²) in [4.78, 5) is 11.7. The Balaban J connectivity index is 1.63. The maximum absolute atomic E-state index is 13.5. The van der Waals surface area contributed by atoms with Crippen molar-refractivity contribution in [2.45, 2.75) is 25.4 Å². The second-order valence-electron chi connectivity index (χ2n) is 6.61. The van der Waals surface area contributed by atoms with Crippen LogP contribution in [0.3, 0.4) is 0 Å². The molecule has 0 bridgehead atoms. The van der Waals surface area contributed by atoms with Crippen molar-refractivity contribution in [1.82, 2.24) is 9.72 Å². The molecular formula is C18H16BF3N2O2. The first-order chi connectivity index (χ1) is 12.4. The molecule has 1 amide bonds. The first-order valence-corrected chi connectivity index (χ1v) is 8.44. The molecule has 134 valence electrons. The first-order valence-electron chi connectivity index (χ1n) is 8.44. The molecule has 0 atom stereocenters. The van der Waals surface area contributed by atoms with Crippen molar-refractivity contribution in [3.8, 4) is 11.1 Å². The molecular weight excluding hydrogens is 344 g/mol. The van der Waals surface area contributed by atoms with Crippen LogP contribution < -0.4 is 5.32 Å². The fourth-order valence-corrected chi connectivity index (χ4v) is 3.05. The Morgan fingerprint density at radius 3 is 2.77 bits per heavy atom. The molecule has 1 N–H and O–H groups in total. The van der Waals surface area contributed by atoms with Crippen LogP contribution in [-0.2, 0) is 17.4 Å². The summed E-state index contributed by atoms with van der Waals surface area (Å²) in [6, 6.07) is 2.76. The number of furan rings is 1. The van der Waals surface area contributed by atoms with Gasteiger partial charge < -0.3 is 0 Å². The second kappa shape index (κ2) is 6.34. The number of halogens is 3. The molecule has 3 aromatic heterocycles. The number of alkyl halides is 3. The molecule has 0 saturated heterocycles. The number of hydrogen-bond donors (Lipinski definition) is 1. The summed E-state index contributed by atoms with van der Waals surface area (Å²) in [6.07, 6.45) is 4.05. The molecule has 3 heterocycles. The van der Waals surface area contributed by atoms with E-state index in [9.17, 15) is 18.0 Å². The van der Waals surface area contributed by atoms with Crippen LogP contribution in [0, 0.1) is 5.92 Å². The van der Waals surface area contributed by atoms with Crippen molar-refractivity contribution >= 4 is 18.2 Å². The standard InChI is InChI=1S/C18H16BF3N2O2/c20-18(21,22)15-7-13(12-4-6-26-10-12)8-24-9-14(19-16(15)24)3-5-23-17(25)11-1-2-11/h4,6-11H,1-3,5H2,(H,23,25). The molecule has 1 aliphatic rings. The minimum absolute atomic E-state index is 0.0342. The van der Waals surface area contributed by atoms with Crippen LogP contribution in [-0.4, -0.2) is 23.8 Å². The monoisotopic (exact) mass is 360 g/mol. The van der Waals surface area contributed by atoms with Crippen molar-refractivity contribution in [2.75, 3.05) is 6.54 Å². The summed E-state index contributed by atoms with van der Waals surface area (Å²) >= 11 is 0. The van der Waals surface area contributed by atoms with Gasteiger partial charge in [-0.2, -0.15) is 0 Å². The fourth-order valence-electron chi connectivity index (χ4n) is 3.05. The van der Waals surface area contributed by atoms with E-state index in [1.165, 1.54) is 23.8 Å². The predicted octanol–water partition coefficient (Wildman–Crippen LogP) is 3.62. The molecule has 3 aromatic rings. The van der Waals surface area contributed by atoms with Gasteiger partial charge in [0.05, 0.1) is 0 Å². The number of amides is 1. The van der Waals surface area contributed by atoms with Crippen molar-refractivity contribution in [3.63, 3.8) is 0 Å².